The van der Waals surface area contributed by atoms with Gasteiger partial charge in [0.1, 0.15) is 17.3 Å². The number of carbonyl (C=O) groups excluding carboxylic acids is 1. The van der Waals surface area contributed by atoms with Gasteiger partial charge >= 0.3 is 0 Å². The predicted octanol–water partition coefficient (Wildman–Crippen LogP) is 4.43. The molecule has 0 radical (unpaired) electrons. The summed E-state index contributed by atoms with van der Waals surface area (Å²) < 4.78 is 16.5. The number of nitrogens with zero attached hydrogens (tertiary/aromatic N) is 3. The molecule has 0 aliphatic rings. The molecule has 0 bridgehead atoms. The van der Waals surface area contributed by atoms with Crippen molar-refractivity contribution in [3.8, 4) is 11.3 Å². The third-order valence-electron chi connectivity index (χ3n) is 4.19. The topological polar surface area (TPSA) is 59.3 Å². The monoisotopic (exact) mass is 358 g/mol. The van der Waals surface area contributed by atoms with Gasteiger partial charge in [-0.05, 0) is 42.0 Å². The van der Waals surface area contributed by atoms with Crippen LogP contribution in [0.4, 0.5) is 10.2 Å². The number of benzene rings is 1. The number of hydrogen-bond donors (Lipinski definition) is 1. The van der Waals surface area contributed by atoms with Gasteiger partial charge in [0.25, 0.3) is 5.91 Å². The highest BCUT2D eigenvalue weighted by molar-refractivity contribution is 6.04. The molecule has 3 aromatic heterocycles. The number of halogens is 1. The molecule has 0 aliphatic carbocycles. The van der Waals surface area contributed by atoms with Crippen LogP contribution < -0.4 is 5.32 Å². The van der Waals surface area contributed by atoms with Crippen LogP contribution in [0.1, 0.15) is 15.9 Å². The standard InChI is InChI=1S/C21H15FN4O/c1-2-14-6-9-19(23-12-14)25-21(27)16-8-7-15(11-17(16)22)18-13-24-20-5-3-4-10-26(18)20/h2-13H,1H2,(H,23,25,27). The average Bonchev–Trinajstić information content (AvgIpc) is 3.12. The first kappa shape index (κ1) is 16.7. The van der Waals surface area contributed by atoms with Crippen molar-refractivity contribution in [2.24, 2.45) is 0 Å². The number of amides is 1. The van der Waals surface area contributed by atoms with Gasteiger partial charge in [0.2, 0.25) is 0 Å². The molecule has 0 spiro atoms. The third kappa shape index (κ3) is 3.20. The summed E-state index contributed by atoms with van der Waals surface area (Å²) >= 11 is 0. The normalized spacial score (nSPS) is 10.7. The molecule has 1 N–H and O–H groups in total. The van der Waals surface area contributed by atoms with Crippen molar-refractivity contribution < 1.29 is 9.18 Å². The van der Waals surface area contributed by atoms with Crippen molar-refractivity contribution in [3.63, 3.8) is 0 Å². The number of pyridine rings is 2. The molecule has 0 unspecified atom stereocenters. The second-order valence-corrected chi connectivity index (χ2v) is 5.90. The Morgan fingerprint density at radius 2 is 2.00 bits per heavy atom. The minimum Gasteiger partial charge on any atom is -0.306 e. The number of aromatic nitrogens is 3. The quantitative estimate of drug-likeness (QED) is 0.587. The number of nitrogens with one attached hydrogen (secondary N) is 1. The minimum absolute atomic E-state index is 0.0535. The van der Waals surface area contributed by atoms with Gasteiger partial charge in [0.15, 0.2) is 0 Å². The Bertz CT molecular complexity index is 1150. The van der Waals surface area contributed by atoms with Gasteiger partial charge in [-0.1, -0.05) is 24.8 Å². The van der Waals surface area contributed by atoms with E-state index < -0.39 is 11.7 Å². The summed E-state index contributed by atoms with van der Waals surface area (Å²) in [5.74, 6) is -0.828. The van der Waals surface area contributed by atoms with Gasteiger partial charge in [-0.25, -0.2) is 14.4 Å². The zero-order chi connectivity index (χ0) is 18.8. The van der Waals surface area contributed by atoms with E-state index in [4.69, 9.17) is 0 Å². The minimum atomic E-state index is -0.612. The fourth-order valence-corrected chi connectivity index (χ4v) is 2.79. The highest BCUT2D eigenvalue weighted by Gasteiger charge is 2.15. The van der Waals surface area contributed by atoms with Crippen LogP contribution in [0.25, 0.3) is 23.0 Å². The summed E-state index contributed by atoms with van der Waals surface area (Å²) in [7, 11) is 0. The molecule has 5 nitrogen and oxygen atoms in total. The van der Waals surface area contributed by atoms with Crippen molar-refractivity contribution in [1.29, 1.82) is 0 Å². The van der Waals surface area contributed by atoms with E-state index >= 15 is 0 Å². The Hall–Kier alpha value is -3.80. The molecule has 4 aromatic rings. The van der Waals surface area contributed by atoms with Gasteiger partial charge in [0, 0.05) is 18.0 Å². The second kappa shape index (κ2) is 6.84. The molecule has 0 aliphatic heterocycles. The maximum absolute atomic E-state index is 14.6. The molecule has 0 saturated carbocycles. The van der Waals surface area contributed by atoms with E-state index in [0.29, 0.717) is 11.4 Å². The van der Waals surface area contributed by atoms with Gasteiger partial charge in [0.05, 0.1) is 17.5 Å². The Balaban J connectivity index is 1.61. The molecule has 0 saturated heterocycles. The van der Waals surface area contributed by atoms with Crippen molar-refractivity contribution in [3.05, 3.63) is 90.6 Å². The third-order valence-corrected chi connectivity index (χ3v) is 4.19. The summed E-state index contributed by atoms with van der Waals surface area (Å²) in [6, 6.07) is 13.5. The lowest BCUT2D eigenvalue weighted by atomic mass is 10.1. The molecule has 27 heavy (non-hydrogen) atoms. The molecular weight excluding hydrogens is 343 g/mol. The number of rotatable bonds is 4. The predicted molar refractivity (Wildman–Crippen MR) is 103 cm³/mol. The van der Waals surface area contributed by atoms with Gasteiger partial charge < -0.3 is 5.32 Å². The SMILES string of the molecule is C=Cc1ccc(NC(=O)c2ccc(-c3cnc4ccccn34)cc2F)nc1. The van der Waals surface area contributed by atoms with Crippen LogP contribution in [-0.4, -0.2) is 20.3 Å². The fraction of sp³-hybridized carbons (Fsp3) is 0. The van der Waals surface area contributed by atoms with Crippen molar-refractivity contribution >= 4 is 23.4 Å². The van der Waals surface area contributed by atoms with E-state index in [9.17, 15) is 9.18 Å². The van der Waals surface area contributed by atoms with Crippen molar-refractivity contribution in [1.82, 2.24) is 14.4 Å². The number of imidazole rings is 1. The molecule has 6 heteroatoms. The number of anilines is 1. The molecule has 0 fully saturated rings. The average molecular weight is 358 g/mol. The van der Waals surface area contributed by atoms with Crippen LogP contribution in [0.5, 0.6) is 0 Å². The van der Waals surface area contributed by atoms with Crippen LogP contribution in [0, 0.1) is 5.82 Å². The first-order valence-electron chi connectivity index (χ1n) is 8.27. The Morgan fingerprint density at radius 1 is 1.11 bits per heavy atom. The molecule has 132 valence electrons. The zero-order valence-electron chi connectivity index (χ0n) is 14.3. The number of hydrogen-bond acceptors (Lipinski definition) is 3. The summed E-state index contributed by atoms with van der Waals surface area (Å²) in [6.45, 7) is 3.65. The van der Waals surface area contributed by atoms with E-state index in [-0.39, 0.29) is 5.56 Å². The first-order valence-corrected chi connectivity index (χ1v) is 8.27. The van der Waals surface area contributed by atoms with Crippen LogP contribution in [0.3, 0.4) is 0 Å². The number of carbonyl (C=O) groups is 1. The summed E-state index contributed by atoms with van der Waals surface area (Å²) in [5, 5.41) is 2.59. The van der Waals surface area contributed by atoms with Gasteiger partial charge in [-0.3, -0.25) is 9.20 Å². The lowest BCUT2D eigenvalue weighted by molar-refractivity contribution is 0.102. The summed E-state index contributed by atoms with van der Waals surface area (Å²) in [6.07, 6.45) is 6.76. The lowest BCUT2D eigenvalue weighted by Gasteiger charge is -2.08. The van der Waals surface area contributed by atoms with Gasteiger partial charge in [-0.15, -0.1) is 0 Å². The Kier molecular flexibility index (Phi) is 4.22. The summed E-state index contributed by atoms with van der Waals surface area (Å²) in [4.78, 5) is 20.8. The van der Waals surface area contributed by atoms with Crippen LogP contribution in [-0.2, 0) is 0 Å². The second-order valence-electron chi connectivity index (χ2n) is 5.90. The molecule has 1 amide bonds. The molecule has 3 heterocycles. The van der Waals surface area contributed by atoms with E-state index in [1.807, 2.05) is 28.8 Å². The molecule has 1 aromatic carbocycles. The zero-order valence-corrected chi connectivity index (χ0v) is 14.3. The van der Waals surface area contributed by atoms with E-state index in [2.05, 4.69) is 21.9 Å². The highest BCUT2D eigenvalue weighted by Crippen LogP contribution is 2.23. The molecule has 4 rings (SSSR count). The fourth-order valence-electron chi connectivity index (χ4n) is 2.79. The molecule has 0 atom stereocenters. The van der Waals surface area contributed by atoms with Crippen molar-refractivity contribution in [2.45, 2.75) is 0 Å². The number of fused-ring (bicyclic) bond motifs is 1. The van der Waals surface area contributed by atoms with Crippen LogP contribution in [0.2, 0.25) is 0 Å². The van der Waals surface area contributed by atoms with Crippen LogP contribution >= 0.6 is 0 Å². The molecular formula is C21H15FN4O. The van der Waals surface area contributed by atoms with Crippen molar-refractivity contribution in [2.75, 3.05) is 5.32 Å². The van der Waals surface area contributed by atoms with E-state index in [1.165, 1.54) is 12.1 Å². The largest absolute Gasteiger partial charge is 0.306 e. The maximum Gasteiger partial charge on any atom is 0.259 e. The van der Waals surface area contributed by atoms with Crippen LogP contribution in [0.15, 0.2) is 73.7 Å². The lowest BCUT2D eigenvalue weighted by Crippen LogP contribution is -2.14. The Labute approximate surface area is 154 Å². The van der Waals surface area contributed by atoms with E-state index in [1.54, 1.807) is 36.7 Å². The van der Waals surface area contributed by atoms with E-state index in [0.717, 1.165) is 16.9 Å². The highest BCUT2D eigenvalue weighted by atomic mass is 19.1. The maximum atomic E-state index is 14.6. The smallest absolute Gasteiger partial charge is 0.259 e. The Morgan fingerprint density at radius 3 is 2.74 bits per heavy atom. The summed E-state index contributed by atoms with van der Waals surface area (Å²) in [5.41, 5.74) is 2.93. The van der Waals surface area contributed by atoms with Gasteiger partial charge in [-0.2, -0.15) is 0 Å². The first-order chi connectivity index (χ1) is 13.2.